The molecule has 1 saturated heterocycles. The van der Waals surface area contributed by atoms with Crippen LogP contribution in [0.25, 0.3) is 0 Å². The summed E-state index contributed by atoms with van der Waals surface area (Å²) in [6.45, 7) is 6.80. The first kappa shape index (κ1) is 19.5. The smallest absolute Gasteiger partial charge is 0.314 e. The van der Waals surface area contributed by atoms with Gasteiger partial charge < -0.3 is 5.32 Å². The van der Waals surface area contributed by atoms with Crippen molar-refractivity contribution < 1.29 is 17.6 Å². The average molecular weight is 367 g/mol. The van der Waals surface area contributed by atoms with Crippen molar-refractivity contribution >= 4 is 11.6 Å². The monoisotopic (exact) mass is 366 g/mol. The molecule has 1 aromatic rings. The van der Waals surface area contributed by atoms with E-state index in [4.69, 9.17) is 11.6 Å². The van der Waals surface area contributed by atoms with Crippen LogP contribution in [0, 0.1) is 11.7 Å². The van der Waals surface area contributed by atoms with Gasteiger partial charge in [0.05, 0.1) is 10.6 Å². The molecule has 2 atom stereocenters. The maximum absolute atomic E-state index is 14.6. The summed E-state index contributed by atoms with van der Waals surface area (Å²) in [6.07, 6.45) is -2.85. The van der Waals surface area contributed by atoms with Gasteiger partial charge in [-0.25, -0.2) is 4.39 Å². The van der Waals surface area contributed by atoms with E-state index >= 15 is 0 Å². The van der Waals surface area contributed by atoms with Crippen LogP contribution in [-0.4, -0.2) is 31.1 Å². The summed E-state index contributed by atoms with van der Waals surface area (Å²) in [5.74, 6) is -0.710. The molecule has 0 amide bonds. The molecule has 24 heavy (non-hydrogen) atoms. The lowest BCUT2D eigenvalue weighted by atomic mass is 9.88. The van der Waals surface area contributed by atoms with Crippen LogP contribution in [0.3, 0.4) is 0 Å². The Morgan fingerprint density at radius 1 is 1.25 bits per heavy atom. The maximum atomic E-state index is 14.6. The number of nitrogens with one attached hydrogen (secondary N) is 1. The normalized spacial score (nSPS) is 19.3. The molecule has 136 valence electrons. The van der Waals surface area contributed by atoms with E-state index in [1.807, 2.05) is 13.8 Å². The summed E-state index contributed by atoms with van der Waals surface area (Å²) >= 11 is 5.78. The molecule has 0 aliphatic carbocycles. The fraction of sp³-hybridized carbons (Fsp3) is 0.647. The summed E-state index contributed by atoms with van der Waals surface area (Å²) in [4.78, 5) is 2.06. The van der Waals surface area contributed by atoms with E-state index in [-0.39, 0.29) is 11.5 Å². The Morgan fingerprint density at radius 2 is 1.88 bits per heavy atom. The minimum atomic E-state index is -4.55. The van der Waals surface area contributed by atoms with Crippen LogP contribution in [0.15, 0.2) is 12.1 Å². The van der Waals surface area contributed by atoms with Gasteiger partial charge in [0, 0.05) is 37.8 Å². The molecule has 1 heterocycles. The number of rotatable bonds is 5. The highest BCUT2D eigenvalue weighted by Gasteiger charge is 2.36. The van der Waals surface area contributed by atoms with Gasteiger partial charge in [-0.05, 0) is 24.5 Å². The van der Waals surface area contributed by atoms with Crippen molar-refractivity contribution in [2.75, 3.05) is 26.2 Å². The first-order chi connectivity index (χ1) is 11.3. The van der Waals surface area contributed by atoms with E-state index in [0.29, 0.717) is 19.2 Å². The standard InChI is InChI=1S/C17H23ClF4N2/c1-3-4-11(2)16(24-7-5-23-6-8-24)13-9-12(17(20,21)22)10-14(18)15(13)19/h9-11,16,23H,3-8H2,1-2H3/t11?,16-/m0/s1. The van der Waals surface area contributed by atoms with E-state index in [2.05, 4.69) is 10.2 Å². The zero-order valence-corrected chi connectivity index (χ0v) is 14.6. The van der Waals surface area contributed by atoms with E-state index in [1.165, 1.54) is 0 Å². The van der Waals surface area contributed by atoms with Crippen LogP contribution in [0.1, 0.15) is 43.9 Å². The lowest BCUT2D eigenvalue weighted by Crippen LogP contribution is -2.47. The van der Waals surface area contributed by atoms with E-state index in [0.717, 1.165) is 32.0 Å². The maximum Gasteiger partial charge on any atom is 0.416 e. The third-order valence-corrected chi connectivity index (χ3v) is 4.81. The van der Waals surface area contributed by atoms with Crippen molar-refractivity contribution in [2.45, 2.75) is 38.9 Å². The lowest BCUT2D eigenvalue weighted by molar-refractivity contribution is -0.137. The summed E-state index contributed by atoms with van der Waals surface area (Å²) in [6, 6.07) is 1.19. The van der Waals surface area contributed by atoms with Crippen molar-refractivity contribution in [3.8, 4) is 0 Å². The molecular weight excluding hydrogens is 344 g/mol. The fourth-order valence-electron chi connectivity index (χ4n) is 3.43. The largest absolute Gasteiger partial charge is 0.416 e. The van der Waals surface area contributed by atoms with E-state index < -0.39 is 28.6 Å². The number of nitrogens with zero attached hydrogens (tertiary/aromatic N) is 1. The summed E-state index contributed by atoms with van der Waals surface area (Å²) in [5.41, 5.74) is -0.842. The van der Waals surface area contributed by atoms with E-state index in [9.17, 15) is 17.6 Å². The van der Waals surface area contributed by atoms with Crippen LogP contribution in [-0.2, 0) is 6.18 Å². The third-order valence-electron chi connectivity index (χ3n) is 4.53. The van der Waals surface area contributed by atoms with Crippen LogP contribution < -0.4 is 5.32 Å². The SMILES string of the molecule is CCCC(C)[C@@H](c1cc(C(F)(F)F)cc(Cl)c1F)N1CCNCC1. The van der Waals surface area contributed by atoms with Crippen LogP contribution in [0.2, 0.25) is 5.02 Å². The van der Waals surface area contributed by atoms with Gasteiger partial charge in [-0.3, -0.25) is 4.90 Å². The van der Waals surface area contributed by atoms with Crippen LogP contribution in [0.5, 0.6) is 0 Å². The minimum absolute atomic E-state index is 0.0298. The zero-order valence-electron chi connectivity index (χ0n) is 13.9. The zero-order chi connectivity index (χ0) is 17.9. The highest BCUT2D eigenvalue weighted by atomic mass is 35.5. The van der Waals surface area contributed by atoms with Crippen molar-refractivity contribution in [3.05, 3.63) is 34.1 Å². The van der Waals surface area contributed by atoms with Gasteiger partial charge in [0.2, 0.25) is 0 Å². The molecule has 0 saturated carbocycles. The predicted molar refractivity (Wildman–Crippen MR) is 87.7 cm³/mol. The van der Waals surface area contributed by atoms with Crippen molar-refractivity contribution in [3.63, 3.8) is 0 Å². The fourth-order valence-corrected chi connectivity index (χ4v) is 3.65. The average Bonchev–Trinajstić information content (AvgIpc) is 2.52. The molecule has 1 unspecified atom stereocenters. The van der Waals surface area contributed by atoms with Crippen molar-refractivity contribution in [1.29, 1.82) is 0 Å². The molecule has 1 N–H and O–H groups in total. The quantitative estimate of drug-likeness (QED) is 0.747. The molecule has 1 aromatic carbocycles. The second-order valence-corrected chi connectivity index (χ2v) is 6.76. The Kier molecular flexibility index (Phi) is 6.51. The molecule has 1 fully saturated rings. The van der Waals surface area contributed by atoms with Gasteiger partial charge in [-0.2, -0.15) is 13.2 Å². The summed E-state index contributed by atoms with van der Waals surface area (Å²) in [7, 11) is 0. The van der Waals surface area contributed by atoms with Gasteiger partial charge in [0.25, 0.3) is 0 Å². The molecule has 0 spiro atoms. The number of hydrogen-bond acceptors (Lipinski definition) is 2. The molecule has 2 rings (SSSR count). The predicted octanol–water partition coefficient (Wildman–Crippen LogP) is 4.88. The van der Waals surface area contributed by atoms with Gasteiger partial charge in [0.1, 0.15) is 5.82 Å². The van der Waals surface area contributed by atoms with Gasteiger partial charge >= 0.3 is 6.18 Å². The summed E-state index contributed by atoms with van der Waals surface area (Å²) in [5, 5.41) is 2.74. The Balaban J connectivity index is 2.49. The molecule has 0 radical (unpaired) electrons. The van der Waals surface area contributed by atoms with Crippen molar-refractivity contribution in [1.82, 2.24) is 10.2 Å². The molecule has 2 nitrogen and oxygen atoms in total. The topological polar surface area (TPSA) is 15.3 Å². The summed E-state index contributed by atoms with van der Waals surface area (Å²) < 4.78 is 54.0. The Hall–Kier alpha value is -0.850. The first-order valence-corrected chi connectivity index (χ1v) is 8.64. The Labute approximate surface area is 145 Å². The van der Waals surface area contributed by atoms with Gasteiger partial charge in [-0.15, -0.1) is 0 Å². The minimum Gasteiger partial charge on any atom is -0.314 e. The van der Waals surface area contributed by atoms with Crippen molar-refractivity contribution in [2.24, 2.45) is 5.92 Å². The number of halogens is 5. The second kappa shape index (κ2) is 8.02. The Bertz CT molecular complexity index is 556. The Morgan fingerprint density at radius 3 is 2.42 bits per heavy atom. The van der Waals surface area contributed by atoms with Crippen LogP contribution >= 0.6 is 11.6 Å². The molecular formula is C17H23ClF4N2. The van der Waals surface area contributed by atoms with Gasteiger partial charge in [0.15, 0.2) is 0 Å². The molecule has 1 aliphatic rings. The third kappa shape index (κ3) is 4.41. The second-order valence-electron chi connectivity index (χ2n) is 6.36. The van der Waals surface area contributed by atoms with E-state index in [1.54, 1.807) is 0 Å². The lowest BCUT2D eigenvalue weighted by Gasteiger charge is -2.39. The highest BCUT2D eigenvalue weighted by Crippen LogP contribution is 2.39. The van der Waals surface area contributed by atoms with Gasteiger partial charge in [-0.1, -0.05) is 31.9 Å². The number of benzene rings is 1. The molecule has 7 heteroatoms. The number of alkyl halides is 3. The number of piperazine rings is 1. The van der Waals surface area contributed by atoms with Crippen LogP contribution in [0.4, 0.5) is 17.6 Å². The first-order valence-electron chi connectivity index (χ1n) is 8.26. The number of hydrogen-bond donors (Lipinski definition) is 1. The highest BCUT2D eigenvalue weighted by molar-refractivity contribution is 6.30. The molecule has 0 aromatic heterocycles. The molecule has 0 bridgehead atoms. The molecule has 1 aliphatic heterocycles.